The van der Waals surface area contributed by atoms with Gasteiger partial charge in [-0.1, -0.05) is 60.7 Å². The number of ether oxygens (including phenoxy) is 2. The molecule has 2 heterocycles. The van der Waals surface area contributed by atoms with Gasteiger partial charge in [0.15, 0.2) is 0 Å². The van der Waals surface area contributed by atoms with Crippen LogP contribution in [-0.4, -0.2) is 59.4 Å². The van der Waals surface area contributed by atoms with Gasteiger partial charge in [-0.2, -0.15) is 0 Å². The fourth-order valence-electron chi connectivity index (χ4n) is 4.58. The minimum absolute atomic E-state index is 0.0273. The molecule has 184 valence electrons. The van der Waals surface area contributed by atoms with Gasteiger partial charge in [0.1, 0.15) is 18.0 Å². The summed E-state index contributed by atoms with van der Waals surface area (Å²) in [6.07, 6.45) is 0. The summed E-state index contributed by atoms with van der Waals surface area (Å²) in [4.78, 5) is 33.4. The summed E-state index contributed by atoms with van der Waals surface area (Å²) in [5, 5.41) is 0.884. The van der Waals surface area contributed by atoms with E-state index in [1.165, 1.54) is 0 Å². The Labute approximate surface area is 210 Å². The number of carbonyl (C=O) groups excluding carboxylic acids is 2. The number of aromatic amines is 1. The van der Waals surface area contributed by atoms with E-state index in [0.717, 1.165) is 27.8 Å². The number of benzene rings is 3. The number of methoxy groups -OCH3 is 1. The zero-order valence-electron chi connectivity index (χ0n) is 20.2. The van der Waals surface area contributed by atoms with Crippen molar-refractivity contribution in [2.45, 2.75) is 19.2 Å². The lowest BCUT2D eigenvalue weighted by Gasteiger charge is -2.41. The van der Waals surface area contributed by atoms with Crippen molar-refractivity contribution in [3.63, 3.8) is 0 Å². The van der Waals surface area contributed by atoms with E-state index in [1.54, 1.807) is 12.0 Å². The third-order valence-corrected chi connectivity index (χ3v) is 6.48. The van der Waals surface area contributed by atoms with Crippen molar-refractivity contribution in [1.82, 2.24) is 14.8 Å². The maximum Gasteiger partial charge on any atom is 0.270 e. The maximum absolute atomic E-state index is 13.4. The highest BCUT2D eigenvalue weighted by molar-refractivity contribution is 6.00. The first kappa shape index (κ1) is 23.6. The van der Waals surface area contributed by atoms with E-state index < -0.39 is 0 Å². The number of hydrogen-bond acceptors (Lipinski definition) is 4. The molecule has 4 aromatic rings. The van der Waals surface area contributed by atoms with E-state index >= 15 is 0 Å². The van der Waals surface area contributed by atoms with Gasteiger partial charge >= 0.3 is 0 Å². The molecular weight excluding hydrogens is 454 g/mol. The second kappa shape index (κ2) is 10.7. The number of aromatic nitrogens is 1. The Bertz CT molecular complexity index is 1340. The number of hydrogen-bond donors (Lipinski definition) is 1. The molecule has 1 aliphatic rings. The number of carbonyl (C=O) groups is 2. The van der Waals surface area contributed by atoms with E-state index in [2.05, 4.69) is 4.98 Å². The molecular formula is C29H29N3O4. The molecule has 36 heavy (non-hydrogen) atoms. The topological polar surface area (TPSA) is 74.9 Å². The van der Waals surface area contributed by atoms with Crippen molar-refractivity contribution in [1.29, 1.82) is 0 Å². The van der Waals surface area contributed by atoms with Crippen molar-refractivity contribution in [2.75, 3.05) is 26.8 Å². The lowest BCUT2D eigenvalue weighted by Crippen LogP contribution is -2.58. The SMILES string of the molecule is COc1ccc2[nH]c(C(=O)N3CC(=O)N(Cc4ccccc4)[C@@H](COCc4ccccc4)C3)cc2c1. The highest BCUT2D eigenvalue weighted by Crippen LogP contribution is 2.24. The van der Waals surface area contributed by atoms with E-state index in [-0.39, 0.29) is 24.4 Å². The molecule has 0 bridgehead atoms. The van der Waals surface area contributed by atoms with Gasteiger partial charge in [-0.25, -0.2) is 0 Å². The summed E-state index contributed by atoms with van der Waals surface area (Å²) in [5.41, 5.74) is 3.40. The largest absolute Gasteiger partial charge is 0.497 e. The molecule has 7 nitrogen and oxygen atoms in total. The molecule has 3 aromatic carbocycles. The third kappa shape index (κ3) is 5.26. The average molecular weight is 484 g/mol. The van der Waals surface area contributed by atoms with Crippen molar-refractivity contribution in [3.05, 3.63) is 102 Å². The van der Waals surface area contributed by atoms with E-state index in [1.807, 2.05) is 89.8 Å². The summed E-state index contributed by atoms with van der Waals surface area (Å²) in [6, 6.07) is 27.0. The van der Waals surface area contributed by atoms with Gasteiger partial charge in [0.25, 0.3) is 5.91 Å². The molecule has 1 N–H and O–H groups in total. The first-order valence-corrected chi connectivity index (χ1v) is 12.0. The summed E-state index contributed by atoms with van der Waals surface area (Å²) in [7, 11) is 1.61. The number of piperazine rings is 1. The molecule has 7 heteroatoms. The van der Waals surface area contributed by atoms with Crippen molar-refractivity contribution < 1.29 is 19.1 Å². The van der Waals surface area contributed by atoms with E-state index in [4.69, 9.17) is 9.47 Å². The molecule has 0 saturated carbocycles. The van der Waals surface area contributed by atoms with Crippen LogP contribution in [0.4, 0.5) is 0 Å². The number of H-pyrrole nitrogens is 1. The normalized spacial score (nSPS) is 15.9. The quantitative estimate of drug-likeness (QED) is 0.407. The van der Waals surface area contributed by atoms with Crippen molar-refractivity contribution >= 4 is 22.7 Å². The predicted octanol–water partition coefficient (Wildman–Crippen LogP) is 4.25. The highest BCUT2D eigenvalue weighted by Gasteiger charge is 2.35. The standard InChI is InChI=1S/C29H29N3O4/c1-35-25-12-13-26-23(14-25)15-27(30-26)29(34)31-17-24(20-36-19-22-10-6-3-7-11-22)32(28(33)18-31)16-21-8-4-2-5-9-21/h2-15,24,30H,16-20H2,1H3/t24-/m1/s1. The molecule has 1 atom stereocenters. The summed E-state index contributed by atoms with van der Waals surface area (Å²) >= 11 is 0. The smallest absolute Gasteiger partial charge is 0.270 e. The highest BCUT2D eigenvalue weighted by atomic mass is 16.5. The van der Waals surface area contributed by atoms with Crippen LogP contribution in [0.2, 0.25) is 0 Å². The van der Waals surface area contributed by atoms with Crippen LogP contribution in [0.25, 0.3) is 10.9 Å². The molecule has 2 amide bonds. The van der Waals surface area contributed by atoms with E-state index in [9.17, 15) is 9.59 Å². The number of nitrogens with one attached hydrogen (secondary N) is 1. The lowest BCUT2D eigenvalue weighted by atomic mass is 10.1. The Morgan fingerprint density at radius 2 is 1.69 bits per heavy atom. The van der Waals surface area contributed by atoms with Gasteiger partial charge in [0.2, 0.25) is 5.91 Å². The van der Waals surface area contributed by atoms with Crippen LogP contribution in [0, 0.1) is 0 Å². The van der Waals surface area contributed by atoms with Crippen LogP contribution >= 0.6 is 0 Å². The Morgan fingerprint density at radius 1 is 0.972 bits per heavy atom. The van der Waals surface area contributed by atoms with Crippen LogP contribution in [-0.2, 0) is 22.7 Å². The van der Waals surface area contributed by atoms with Gasteiger partial charge in [-0.05, 0) is 35.4 Å². The number of rotatable bonds is 8. The van der Waals surface area contributed by atoms with Crippen LogP contribution in [0.1, 0.15) is 21.6 Å². The van der Waals surface area contributed by atoms with Crippen LogP contribution < -0.4 is 4.74 Å². The molecule has 1 aliphatic heterocycles. The first-order valence-electron chi connectivity index (χ1n) is 12.0. The van der Waals surface area contributed by atoms with Gasteiger partial charge in [0, 0.05) is 24.0 Å². The zero-order chi connectivity index (χ0) is 24.9. The molecule has 5 rings (SSSR count). The minimum Gasteiger partial charge on any atom is -0.497 e. The fourth-order valence-corrected chi connectivity index (χ4v) is 4.58. The van der Waals surface area contributed by atoms with Gasteiger partial charge in [0.05, 0.1) is 26.4 Å². The maximum atomic E-state index is 13.4. The monoisotopic (exact) mass is 483 g/mol. The summed E-state index contributed by atoms with van der Waals surface area (Å²) < 4.78 is 11.3. The third-order valence-electron chi connectivity index (χ3n) is 6.48. The number of amides is 2. The summed E-state index contributed by atoms with van der Waals surface area (Å²) in [6.45, 7) is 1.68. The van der Waals surface area contributed by atoms with Crippen LogP contribution in [0.3, 0.4) is 0 Å². The molecule has 0 spiro atoms. The minimum atomic E-state index is -0.261. The summed E-state index contributed by atoms with van der Waals surface area (Å²) in [5.74, 6) is 0.427. The zero-order valence-corrected chi connectivity index (χ0v) is 20.2. The molecule has 0 aliphatic carbocycles. The Hall–Kier alpha value is -4.10. The molecule has 1 aromatic heterocycles. The van der Waals surface area contributed by atoms with Crippen molar-refractivity contribution in [2.24, 2.45) is 0 Å². The fraction of sp³-hybridized carbons (Fsp3) is 0.241. The average Bonchev–Trinajstić information content (AvgIpc) is 3.34. The molecule has 1 saturated heterocycles. The van der Waals surface area contributed by atoms with Crippen molar-refractivity contribution in [3.8, 4) is 5.75 Å². The Morgan fingerprint density at radius 3 is 2.42 bits per heavy atom. The Kier molecular flexibility index (Phi) is 7.00. The van der Waals surface area contributed by atoms with Gasteiger partial charge in [-0.15, -0.1) is 0 Å². The second-order valence-corrected chi connectivity index (χ2v) is 8.98. The van der Waals surface area contributed by atoms with Crippen LogP contribution in [0.5, 0.6) is 5.75 Å². The van der Waals surface area contributed by atoms with E-state index in [0.29, 0.717) is 32.0 Å². The van der Waals surface area contributed by atoms with Gasteiger partial charge < -0.3 is 24.3 Å². The predicted molar refractivity (Wildman–Crippen MR) is 138 cm³/mol. The lowest BCUT2D eigenvalue weighted by molar-refractivity contribution is -0.141. The van der Waals surface area contributed by atoms with Gasteiger partial charge in [-0.3, -0.25) is 9.59 Å². The second-order valence-electron chi connectivity index (χ2n) is 8.98. The number of nitrogens with zero attached hydrogens (tertiary/aromatic N) is 2. The molecule has 1 fully saturated rings. The first-order chi connectivity index (χ1) is 17.6. The molecule has 0 radical (unpaired) electrons. The molecule has 0 unspecified atom stereocenters. The Balaban J connectivity index is 1.34. The van der Waals surface area contributed by atoms with Crippen LogP contribution in [0.15, 0.2) is 84.9 Å². The number of fused-ring (bicyclic) bond motifs is 1.